The second kappa shape index (κ2) is 9.06. The molecule has 0 aromatic heterocycles. The van der Waals surface area contributed by atoms with Gasteiger partial charge in [-0.05, 0) is 67.9 Å². The van der Waals surface area contributed by atoms with Crippen LogP contribution in [0, 0.1) is 6.92 Å². The van der Waals surface area contributed by atoms with Gasteiger partial charge in [-0.25, -0.2) is 4.79 Å². The van der Waals surface area contributed by atoms with E-state index in [2.05, 4.69) is 10.2 Å². The summed E-state index contributed by atoms with van der Waals surface area (Å²) in [5, 5.41) is 2.88. The Kier molecular flexibility index (Phi) is 6.29. The number of rotatable bonds is 6. The second-order valence-electron chi connectivity index (χ2n) is 6.65. The quantitative estimate of drug-likeness (QED) is 0.590. The van der Waals surface area contributed by atoms with Crippen molar-refractivity contribution >= 4 is 28.9 Å². The van der Waals surface area contributed by atoms with E-state index in [1.807, 2.05) is 56.4 Å². The predicted molar refractivity (Wildman–Crippen MR) is 116 cm³/mol. The number of carbonyl (C=O) groups is 2. The molecule has 1 amide bonds. The Labute approximate surface area is 170 Å². The summed E-state index contributed by atoms with van der Waals surface area (Å²) in [4.78, 5) is 26.7. The Morgan fingerprint density at radius 3 is 2.17 bits per heavy atom. The molecule has 0 aliphatic rings. The smallest absolute Gasteiger partial charge is 0.338 e. The number of anilines is 3. The molecule has 29 heavy (non-hydrogen) atoms. The van der Waals surface area contributed by atoms with Crippen molar-refractivity contribution in [2.75, 3.05) is 23.9 Å². The highest BCUT2D eigenvalue weighted by molar-refractivity contribution is 6.05. The van der Waals surface area contributed by atoms with E-state index in [0.29, 0.717) is 23.4 Å². The van der Waals surface area contributed by atoms with Gasteiger partial charge in [0.1, 0.15) is 0 Å². The van der Waals surface area contributed by atoms with Crippen molar-refractivity contribution in [1.82, 2.24) is 0 Å². The topological polar surface area (TPSA) is 58.6 Å². The monoisotopic (exact) mass is 388 g/mol. The van der Waals surface area contributed by atoms with E-state index in [4.69, 9.17) is 4.74 Å². The minimum Gasteiger partial charge on any atom is -0.462 e. The Balaban J connectivity index is 1.74. The number of hydrogen-bond acceptors (Lipinski definition) is 4. The molecule has 5 nitrogen and oxygen atoms in total. The van der Waals surface area contributed by atoms with Crippen LogP contribution < -0.4 is 10.2 Å². The number of ether oxygens (including phenoxy) is 1. The predicted octanol–water partition coefficient (Wildman–Crippen LogP) is 5.19. The third-order valence-corrected chi connectivity index (χ3v) is 4.66. The van der Waals surface area contributed by atoms with Crippen molar-refractivity contribution in [2.45, 2.75) is 13.8 Å². The lowest BCUT2D eigenvalue weighted by Gasteiger charge is -2.19. The summed E-state index contributed by atoms with van der Waals surface area (Å²) in [6.07, 6.45) is 0. The lowest BCUT2D eigenvalue weighted by molar-refractivity contribution is 0.0526. The highest BCUT2D eigenvalue weighted by atomic mass is 16.5. The summed E-state index contributed by atoms with van der Waals surface area (Å²) >= 11 is 0. The van der Waals surface area contributed by atoms with Gasteiger partial charge in [-0.2, -0.15) is 0 Å². The molecule has 0 heterocycles. The van der Waals surface area contributed by atoms with Gasteiger partial charge >= 0.3 is 5.97 Å². The lowest BCUT2D eigenvalue weighted by Crippen LogP contribution is -2.14. The molecule has 0 aliphatic heterocycles. The molecule has 0 radical (unpaired) electrons. The van der Waals surface area contributed by atoms with Gasteiger partial charge in [0.25, 0.3) is 5.91 Å². The Bertz CT molecular complexity index is 998. The number of para-hydroxylation sites is 1. The minimum absolute atomic E-state index is 0.233. The second-order valence-corrected chi connectivity index (χ2v) is 6.65. The van der Waals surface area contributed by atoms with Crippen molar-refractivity contribution in [2.24, 2.45) is 0 Å². The maximum atomic E-state index is 12.7. The molecule has 3 aromatic rings. The molecule has 5 heteroatoms. The van der Waals surface area contributed by atoms with Gasteiger partial charge in [0.05, 0.1) is 12.2 Å². The van der Waals surface area contributed by atoms with E-state index in [9.17, 15) is 9.59 Å². The zero-order valence-corrected chi connectivity index (χ0v) is 16.8. The first kappa shape index (κ1) is 20.1. The van der Waals surface area contributed by atoms with Crippen LogP contribution in [0.1, 0.15) is 33.2 Å². The molecule has 0 spiro atoms. The molecule has 0 bridgehead atoms. The number of esters is 1. The highest BCUT2D eigenvalue weighted by Gasteiger charge is 2.13. The van der Waals surface area contributed by atoms with E-state index in [1.165, 1.54) is 0 Å². The van der Waals surface area contributed by atoms with E-state index in [0.717, 1.165) is 16.9 Å². The van der Waals surface area contributed by atoms with Crippen LogP contribution in [-0.2, 0) is 4.74 Å². The van der Waals surface area contributed by atoms with Crippen LogP contribution in [0.5, 0.6) is 0 Å². The minimum atomic E-state index is -0.406. The normalized spacial score (nSPS) is 10.3. The summed E-state index contributed by atoms with van der Waals surface area (Å²) in [7, 11) is 1.98. The van der Waals surface area contributed by atoms with Crippen molar-refractivity contribution < 1.29 is 14.3 Å². The van der Waals surface area contributed by atoms with E-state index < -0.39 is 5.97 Å². The molecule has 148 valence electrons. The molecule has 0 atom stereocenters. The number of aryl methyl sites for hydroxylation is 1. The molecule has 0 unspecified atom stereocenters. The number of amides is 1. The first-order valence-corrected chi connectivity index (χ1v) is 9.47. The average Bonchev–Trinajstić information content (AvgIpc) is 2.75. The summed E-state index contributed by atoms with van der Waals surface area (Å²) < 4.78 is 5.03. The van der Waals surface area contributed by atoms with Crippen LogP contribution >= 0.6 is 0 Å². The zero-order chi connectivity index (χ0) is 20.8. The van der Waals surface area contributed by atoms with E-state index >= 15 is 0 Å². The zero-order valence-electron chi connectivity index (χ0n) is 16.8. The van der Waals surface area contributed by atoms with Gasteiger partial charge in [-0.15, -0.1) is 0 Å². The van der Waals surface area contributed by atoms with Crippen LogP contribution in [0.3, 0.4) is 0 Å². The Morgan fingerprint density at radius 2 is 1.52 bits per heavy atom. The fourth-order valence-corrected chi connectivity index (χ4v) is 2.93. The number of nitrogens with zero attached hydrogens (tertiary/aromatic N) is 1. The van der Waals surface area contributed by atoms with Crippen LogP contribution in [0.25, 0.3) is 0 Å². The fraction of sp³-hybridized carbons (Fsp3) is 0.167. The van der Waals surface area contributed by atoms with Gasteiger partial charge in [-0.1, -0.05) is 24.3 Å². The van der Waals surface area contributed by atoms with Crippen LogP contribution in [-0.4, -0.2) is 25.5 Å². The van der Waals surface area contributed by atoms with Crippen LogP contribution in [0.15, 0.2) is 72.8 Å². The largest absolute Gasteiger partial charge is 0.462 e. The van der Waals surface area contributed by atoms with Gasteiger partial charge in [0.15, 0.2) is 0 Å². The maximum absolute atomic E-state index is 12.7. The molecule has 0 aliphatic carbocycles. The van der Waals surface area contributed by atoms with Crippen molar-refractivity contribution in [1.29, 1.82) is 0 Å². The van der Waals surface area contributed by atoms with Gasteiger partial charge in [-0.3, -0.25) is 4.79 Å². The molecular weight excluding hydrogens is 364 g/mol. The Morgan fingerprint density at radius 1 is 0.897 bits per heavy atom. The maximum Gasteiger partial charge on any atom is 0.338 e. The summed E-state index contributed by atoms with van der Waals surface area (Å²) in [6, 6.07) is 22.5. The first-order chi connectivity index (χ1) is 14.0. The van der Waals surface area contributed by atoms with Crippen molar-refractivity contribution in [3.05, 3.63) is 89.5 Å². The third-order valence-electron chi connectivity index (χ3n) is 4.66. The van der Waals surface area contributed by atoms with E-state index in [-0.39, 0.29) is 5.91 Å². The van der Waals surface area contributed by atoms with Crippen molar-refractivity contribution in [3.63, 3.8) is 0 Å². The van der Waals surface area contributed by atoms with Crippen LogP contribution in [0.4, 0.5) is 17.1 Å². The van der Waals surface area contributed by atoms with E-state index in [1.54, 1.807) is 37.3 Å². The summed E-state index contributed by atoms with van der Waals surface area (Å²) in [5.41, 5.74) is 4.45. The molecule has 1 N–H and O–H groups in total. The molecule has 0 saturated heterocycles. The first-order valence-electron chi connectivity index (χ1n) is 9.47. The van der Waals surface area contributed by atoms with Crippen LogP contribution in [0.2, 0.25) is 0 Å². The van der Waals surface area contributed by atoms with Gasteiger partial charge in [0.2, 0.25) is 0 Å². The summed E-state index contributed by atoms with van der Waals surface area (Å²) in [6.45, 7) is 3.94. The lowest BCUT2D eigenvalue weighted by atomic mass is 10.1. The number of benzene rings is 3. The molecule has 0 saturated carbocycles. The average molecular weight is 388 g/mol. The third kappa shape index (κ3) is 4.82. The van der Waals surface area contributed by atoms with Gasteiger partial charge < -0.3 is 15.0 Å². The van der Waals surface area contributed by atoms with Gasteiger partial charge in [0, 0.05) is 29.7 Å². The number of hydrogen-bond donors (Lipinski definition) is 1. The molecule has 3 aromatic carbocycles. The summed E-state index contributed by atoms with van der Waals surface area (Å²) in [5.74, 6) is -0.640. The molecule has 3 rings (SSSR count). The Hall–Kier alpha value is -3.60. The SMILES string of the molecule is CCOC(=O)c1ccc(C)c(NC(=O)c2ccc(N(C)c3ccccc3)cc2)c1. The fourth-order valence-electron chi connectivity index (χ4n) is 2.93. The molecular formula is C24H24N2O3. The number of carbonyl (C=O) groups excluding carboxylic acids is 2. The molecule has 0 fully saturated rings. The number of nitrogens with one attached hydrogen (secondary N) is 1. The standard InChI is InChI=1S/C24H24N2O3/c1-4-29-24(28)19-11-10-17(2)22(16-19)25-23(27)18-12-14-21(15-13-18)26(3)20-8-6-5-7-9-20/h5-16H,4H2,1-3H3,(H,25,27). The highest BCUT2D eigenvalue weighted by Crippen LogP contribution is 2.24. The van der Waals surface area contributed by atoms with Crippen molar-refractivity contribution in [3.8, 4) is 0 Å².